The summed E-state index contributed by atoms with van der Waals surface area (Å²) >= 11 is 6.27. The quantitative estimate of drug-likeness (QED) is 0.230. The van der Waals surface area contributed by atoms with Crippen LogP contribution in [-0.2, 0) is 16.6 Å². The summed E-state index contributed by atoms with van der Waals surface area (Å²) in [7, 11) is 3.30. The molecule has 2 aromatic heterocycles. The van der Waals surface area contributed by atoms with Gasteiger partial charge in [-0.25, -0.2) is 0 Å². The van der Waals surface area contributed by atoms with Gasteiger partial charge in [-0.3, -0.25) is 23.6 Å². The molecule has 0 aliphatic rings. The number of Topliss-reactive ketones (excluding diaryl/α,β-unsaturated/α-hetero) is 1. The Balaban J connectivity index is 1.75. The molecule has 2 aromatic carbocycles. The largest absolute Gasteiger partial charge is 0.495 e. The highest BCUT2D eigenvalue weighted by Gasteiger charge is 2.26. The van der Waals surface area contributed by atoms with Crippen molar-refractivity contribution in [3.05, 3.63) is 75.8 Å². The fourth-order valence-corrected chi connectivity index (χ4v) is 4.82. The first kappa shape index (κ1) is 30.0. The van der Waals surface area contributed by atoms with Crippen molar-refractivity contribution in [2.24, 2.45) is 7.05 Å². The number of amides is 1. The van der Waals surface area contributed by atoms with Gasteiger partial charge >= 0.3 is 0 Å². The van der Waals surface area contributed by atoms with Crippen molar-refractivity contribution < 1.29 is 19.1 Å². The summed E-state index contributed by atoms with van der Waals surface area (Å²) in [4.78, 5) is 40.0. The number of aryl methyl sites for hydroxylation is 1. The summed E-state index contributed by atoms with van der Waals surface area (Å²) in [6, 6.07) is 10.8. The number of ketones is 1. The van der Waals surface area contributed by atoms with Crippen molar-refractivity contribution >= 4 is 39.9 Å². The summed E-state index contributed by atoms with van der Waals surface area (Å²) in [5.74, 6) is -0.152. The van der Waals surface area contributed by atoms with Gasteiger partial charge in [-0.05, 0) is 62.7 Å². The van der Waals surface area contributed by atoms with Gasteiger partial charge in [0.15, 0.2) is 5.78 Å². The van der Waals surface area contributed by atoms with Crippen LogP contribution in [0.2, 0.25) is 5.02 Å². The van der Waals surface area contributed by atoms with E-state index in [0.29, 0.717) is 33.1 Å². The van der Waals surface area contributed by atoms with Gasteiger partial charge in [0.1, 0.15) is 11.8 Å². The summed E-state index contributed by atoms with van der Waals surface area (Å²) in [5, 5.41) is 8.61. The Morgan fingerprint density at radius 1 is 1.07 bits per heavy atom. The van der Waals surface area contributed by atoms with Crippen LogP contribution in [0.5, 0.6) is 5.75 Å². The number of nitrogens with one attached hydrogen (secondary N) is 1. The van der Waals surface area contributed by atoms with Gasteiger partial charge in [0, 0.05) is 66.0 Å². The Morgan fingerprint density at radius 2 is 1.83 bits per heavy atom. The molecular weight excluding hydrogens is 544 g/mol. The molecule has 41 heavy (non-hydrogen) atoms. The minimum atomic E-state index is -0.909. The Hall–Kier alpha value is -3.95. The molecule has 10 heteroatoms. The first-order valence-corrected chi connectivity index (χ1v) is 13.8. The van der Waals surface area contributed by atoms with E-state index in [1.807, 2.05) is 46.1 Å². The molecule has 0 saturated heterocycles. The molecule has 9 nitrogen and oxygen atoms in total. The molecule has 2 heterocycles. The molecule has 1 N–H and O–H groups in total. The van der Waals surface area contributed by atoms with Crippen molar-refractivity contribution in [2.45, 2.75) is 52.2 Å². The second-order valence-electron chi connectivity index (χ2n) is 10.8. The van der Waals surface area contributed by atoms with Crippen LogP contribution in [0.25, 0.3) is 22.0 Å². The number of ether oxygens (including phenoxy) is 2. The predicted octanol–water partition coefficient (Wildman–Crippen LogP) is 6.04. The van der Waals surface area contributed by atoms with E-state index in [4.69, 9.17) is 21.1 Å². The number of benzene rings is 2. The van der Waals surface area contributed by atoms with Crippen molar-refractivity contribution in [1.82, 2.24) is 14.3 Å². The van der Waals surface area contributed by atoms with Gasteiger partial charge in [-0.15, -0.1) is 0 Å². The van der Waals surface area contributed by atoms with E-state index in [9.17, 15) is 14.4 Å². The number of rotatable bonds is 10. The SMILES string of the molecule is CCC(=O)c1ccc(Cl)cc1-c1cc(=O)n(C(CCOC(C)(C)C)C(=O)Nc2ccc3nn(C)cc3c2)cc1OC. The number of nitrogens with zero attached hydrogens (tertiary/aromatic N) is 3. The second-order valence-corrected chi connectivity index (χ2v) is 11.2. The van der Waals surface area contributed by atoms with Gasteiger partial charge in [0.05, 0.1) is 24.4 Å². The molecule has 1 atom stereocenters. The highest BCUT2D eigenvalue weighted by molar-refractivity contribution is 6.31. The van der Waals surface area contributed by atoms with E-state index in [1.54, 1.807) is 35.9 Å². The number of hydrogen-bond donors (Lipinski definition) is 1. The van der Waals surface area contributed by atoms with Crippen LogP contribution < -0.4 is 15.6 Å². The highest BCUT2D eigenvalue weighted by atomic mass is 35.5. The second kappa shape index (κ2) is 12.3. The lowest BCUT2D eigenvalue weighted by Gasteiger charge is -2.24. The summed E-state index contributed by atoms with van der Waals surface area (Å²) in [5.41, 5.74) is 1.87. The molecule has 0 spiro atoms. The highest BCUT2D eigenvalue weighted by Crippen LogP contribution is 2.34. The first-order valence-electron chi connectivity index (χ1n) is 13.4. The number of pyridine rings is 1. The van der Waals surface area contributed by atoms with Crippen LogP contribution in [0.1, 0.15) is 56.9 Å². The average Bonchev–Trinajstić information content (AvgIpc) is 3.29. The van der Waals surface area contributed by atoms with Crippen LogP contribution in [0.3, 0.4) is 0 Å². The first-order chi connectivity index (χ1) is 19.4. The van der Waals surface area contributed by atoms with Crippen LogP contribution in [-0.4, -0.2) is 45.4 Å². The number of hydrogen-bond acceptors (Lipinski definition) is 6. The normalized spacial score (nSPS) is 12.4. The zero-order valence-electron chi connectivity index (χ0n) is 24.2. The van der Waals surface area contributed by atoms with Gasteiger partial charge in [0.25, 0.3) is 5.56 Å². The molecule has 0 fully saturated rings. The van der Waals surface area contributed by atoms with E-state index >= 15 is 0 Å². The van der Waals surface area contributed by atoms with E-state index < -0.39 is 17.2 Å². The number of anilines is 1. The summed E-state index contributed by atoms with van der Waals surface area (Å²) in [6.45, 7) is 7.79. The van der Waals surface area contributed by atoms with Gasteiger partial charge in [0.2, 0.25) is 5.91 Å². The minimum Gasteiger partial charge on any atom is -0.495 e. The van der Waals surface area contributed by atoms with Crippen LogP contribution in [0.4, 0.5) is 5.69 Å². The van der Waals surface area contributed by atoms with Crippen LogP contribution >= 0.6 is 11.6 Å². The molecular formula is C31H35ClN4O5. The Morgan fingerprint density at radius 3 is 2.51 bits per heavy atom. The van der Waals surface area contributed by atoms with Gasteiger partial charge in [-0.1, -0.05) is 18.5 Å². The average molecular weight is 579 g/mol. The standard InChI is InChI=1S/C31H35ClN4O5/c1-7-27(37)22-10-8-20(32)15-23(22)24-16-29(38)36(18-28(24)40-6)26(12-13-41-31(2,3)4)30(39)33-21-9-11-25-19(14-21)17-35(5)34-25/h8-11,14-18,26H,7,12-13H2,1-6H3,(H,33,39). The maximum atomic E-state index is 13.7. The van der Waals surface area contributed by atoms with Crippen molar-refractivity contribution in [3.63, 3.8) is 0 Å². The molecule has 0 bridgehead atoms. The zero-order chi connectivity index (χ0) is 29.9. The fourth-order valence-electron chi connectivity index (χ4n) is 4.64. The summed E-state index contributed by atoms with van der Waals surface area (Å²) in [6.07, 6.45) is 3.89. The third-order valence-electron chi connectivity index (χ3n) is 6.61. The third kappa shape index (κ3) is 7.04. The lowest BCUT2D eigenvalue weighted by Crippen LogP contribution is -2.34. The van der Waals surface area contributed by atoms with Crippen LogP contribution in [0.15, 0.2) is 59.7 Å². The molecule has 4 aromatic rings. The molecule has 0 aliphatic heterocycles. The molecule has 1 amide bonds. The molecule has 0 aliphatic carbocycles. The monoisotopic (exact) mass is 578 g/mol. The molecule has 1 unspecified atom stereocenters. The summed E-state index contributed by atoms with van der Waals surface area (Å²) < 4.78 is 14.6. The Labute approximate surface area is 244 Å². The maximum absolute atomic E-state index is 13.7. The fraction of sp³-hybridized carbons (Fsp3) is 0.355. The lowest BCUT2D eigenvalue weighted by atomic mass is 9.96. The van der Waals surface area contributed by atoms with Gasteiger partial charge in [-0.2, -0.15) is 5.10 Å². The van der Waals surface area contributed by atoms with E-state index in [2.05, 4.69) is 10.4 Å². The van der Waals surface area contributed by atoms with Crippen molar-refractivity contribution in [3.8, 4) is 16.9 Å². The zero-order valence-corrected chi connectivity index (χ0v) is 24.9. The van der Waals surface area contributed by atoms with Crippen molar-refractivity contribution in [2.75, 3.05) is 19.0 Å². The topological polar surface area (TPSA) is 104 Å². The van der Waals surface area contributed by atoms with Crippen molar-refractivity contribution in [1.29, 1.82) is 0 Å². The smallest absolute Gasteiger partial charge is 0.252 e. The lowest BCUT2D eigenvalue weighted by molar-refractivity contribution is -0.120. The Kier molecular flexibility index (Phi) is 8.99. The number of aromatic nitrogens is 3. The number of carbonyl (C=O) groups is 2. The number of halogens is 1. The Bertz CT molecular complexity index is 1650. The number of fused-ring (bicyclic) bond motifs is 1. The molecule has 0 radical (unpaired) electrons. The predicted molar refractivity (Wildman–Crippen MR) is 161 cm³/mol. The molecule has 216 valence electrons. The van der Waals surface area contributed by atoms with Crippen LogP contribution in [0, 0.1) is 0 Å². The third-order valence-corrected chi connectivity index (χ3v) is 6.84. The minimum absolute atomic E-state index is 0.0925. The molecule has 0 saturated carbocycles. The van der Waals surface area contributed by atoms with Gasteiger partial charge < -0.3 is 14.8 Å². The molecule has 4 rings (SSSR count). The van der Waals surface area contributed by atoms with E-state index in [1.165, 1.54) is 23.9 Å². The van der Waals surface area contributed by atoms with E-state index in [-0.39, 0.29) is 31.1 Å². The van der Waals surface area contributed by atoms with E-state index in [0.717, 1.165) is 10.9 Å². The number of carbonyl (C=O) groups excluding carboxylic acids is 2. The maximum Gasteiger partial charge on any atom is 0.252 e. The number of methoxy groups -OCH3 is 1.